The summed E-state index contributed by atoms with van der Waals surface area (Å²) >= 11 is 0. The van der Waals surface area contributed by atoms with Gasteiger partial charge in [-0.15, -0.1) is 0 Å². The Morgan fingerprint density at radius 1 is 1.07 bits per heavy atom. The van der Waals surface area contributed by atoms with Gasteiger partial charge in [0.15, 0.2) is 11.6 Å². The summed E-state index contributed by atoms with van der Waals surface area (Å²) in [6, 6.07) is 10.6. The molecule has 0 fully saturated rings. The first-order chi connectivity index (χ1) is 13.0. The second-order valence-electron chi connectivity index (χ2n) is 6.36. The molecular formula is C21H14F3NO2. The Balaban J connectivity index is 1.77. The Kier molecular flexibility index (Phi) is 4.15. The van der Waals surface area contributed by atoms with E-state index in [0.29, 0.717) is 36.0 Å². The van der Waals surface area contributed by atoms with Crippen LogP contribution in [0.4, 0.5) is 13.2 Å². The van der Waals surface area contributed by atoms with Gasteiger partial charge in [0.25, 0.3) is 0 Å². The second-order valence-corrected chi connectivity index (χ2v) is 6.36. The van der Waals surface area contributed by atoms with Gasteiger partial charge in [-0.1, -0.05) is 6.07 Å². The molecule has 27 heavy (non-hydrogen) atoms. The first kappa shape index (κ1) is 17.2. The van der Waals surface area contributed by atoms with Crippen molar-refractivity contribution in [3.05, 3.63) is 70.5 Å². The van der Waals surface area contributed by atoms with Crippen molar-refractivity contribution >= 4 is 10.8 Å². The second kappa shape index (κ2) is 6.51. The number of nitriles is 1. The fraction of sp³-hybridized carbons (Fsp3) is 0.190. The van der Waals surface area contributed by atoms with E-state index in [1.807, 2.05) is 0 Å². The van der Waals surface area contributed by atoms with Gasteiger partial charge in [-0.3, -0.25) is 0 Å². The van der Waals surface area contributed by atoms with Crippen LogP contribution in [-0.4, -0.2) is 7.11 Å². The van der Waals surface area contributed by atoms with Crippen LogP contribution in [0.1, 0.15) is 29.2 Å². The number of methoxy groups -OCH3 is 1. The Morgan fingerprint density at radius 3 is 2.59 bits per heavy atom. The molecule has 4 rings (SSSR count). The molecule has 1 aliphatic heterocycles. The van der Waals surface area contributed by atoms with E-state index in [0.717, 1.165) is 22.4 Å². The van der Waals surface area contributed by atoms with Crippen molar-refractivity contribution in [2.45, 2.75) is 18.9 Å². The highest BCUT2D eigenvalue weighted by Gasteiger charge is 2.27. The Labute approximate surface area is 153 Å². The number of hydrogen-bond acceptors (Lipinski definition) is 3. The standard InChI is InChI=1S/C21H14F3NO2/c1-26-21-8-14-11(6-12(21)10-25)2-4-19-13(14)3-5-20(27-19)15-7-17(23)18(24)9-16(15)22/h2,4,6-9,20H,3,5H2,1H3. The maximum absolute atomic E-state index is 14.1. The summed E-state index contributed by atoms with van der Waals surface area (Å²) in [5.41, 5.74) is 1.34. The maximum atomic E-state index is 14.1. The SMILES string of the molecule is COc1cc2c3c(ccc2cc1C#N)OC(c1cc(F)c(F)cc1F)CC3. The molecule has 3 aromatic rings. The van der Waals surface area contributed by atoms with Crippen molar-refractivity contribution in [2.24, 2.45) is 0 Å². The van der Waals surface area contributed by atoms with E-state index in [1.54, 1.807) is 24.3 Å². The van der Waals surface area contributed by atoms with Crippen molar-refractivity contribution < 1.29 is 22.6 Å². The number of ether oxygens (including phenoxy) is 2. The molecule has 1 atom stereocenters. The van der Waals surface area contributed by atoms with Gasteiger partial charge in [0.2, 0.25) is 0 Å². The van der Waals surface area contributed by atoms with Gasteiger partial charge in [-0.25, -0.2) is 13.2 Å². The summed E-state index contributed by atoms with van der Waals surface area (Å²) in [5, 5.41) is 11.0. The van der Waals surface area contributed by atoms with Crippen LogP contribution in [0.5, 0.6) is 11.5 Å². The molecule has 1 unspecified atom stereocenters. The molecule has 6 heteroatoms. The van der Waals surface area contributed by atoms with Gasteiger partial charge < -0.3 is 9.47 Å². The number of nitrogens with zero attached hydrogens (tertiary/aromatic N) is 1. The van der Waals surface area contributed by atoms with Crippen molar-refractivity contribution in [3.63, 3.8) is 0 Å². The van der Waals surface area contributed by atoms with Crippen LogP contribution in [0.2, 0.25) is 0 Å². The van der Waals surface area contributed by atoms with Crippen LogP contribution in [0.25, 0.3) is 10.8 Å². The minimum atomic E-state index is -1.22. The summed E-state index contributed by atoms with van der Waals surface area (Å²) in [6.45, 7) is 0. The highest BCUT2D eigenvalue weighted by atomic mass is 19.2. The van der Waals surface area contributed by atoms with Gasteiger partial charge in [0.05, 0.1) is 12.7 Å². The summed E-state index contributed by atoms with van der Waals surface area (Å²) in [6.07, 6.45) is 0.270. The monoisotopic (exact) mass is 369 g/mol. The fourth-order valence-corrected chi connectivity index (χ4v) is 3.51. The van der Waals surface area contributed by atoms with Gasteiger partial charge in [0, 0.05) is 17.2 Å². The average Bonchev–Trinajstić information content (AvgIpc) is 2.69. The summed E-state index contributed by atoms with van der Waals surface area (Å²) in [7, 11) is 1.50. The van der Waals surface area contributed by atoms with Crippen LogP contribution in [0.3, 0.4) is 0 Å². The number of rotatable bonds is 2. The highest BCUT2D eigenvalue weighted by Crippen LogP contribution is 2.41. The quantitative estimate of drug-likeness (QED) is 0.583. The van der Waals surface area contributed by atoms with Crippen molar-refractivity contribution in [2.75, 3.05) is 7.11 Å². The normalized spacial score (nSPS) is 15.7. The molecule has 0 N–H and O–H groups in total. The fourth-order valence-electron chi connectivity index (χ4n) is 3.51. The minimum absolute atomic E-state index is 0.00273. The third kappa shape index (κ3) is 2.85. The largest absolute Gasteiger partial charge is 0.495 e. The highest BCUT2D eigenvalue weighted by molar-refractivity contribution is 5.90. The molecule has 3 aromatic carbocycles. The van der Waals surface area contributed by atoms with Gasteiger partial charge in [-0.05, 0) is 47.9 Å². The first-order valence-corrected chi connectivity index (χ1v) is 8.36. The number of aryl methyl sites for hydroxylation is 1. The van der Waals surface area contributed by atoms with Gasteiger partial charge in [-0.2, -0.15) is 5.26 Å². The third-order valence-corrected chi connectivity index (χ3v) is 4.84. The van der Waals surface area contributed by atoms with E-state index in [9.17, 15) is 18.4 Å². The maximum Gasteiger partial charge on any atom is 0.161 e. The smallest absolute Gasteiger partial charge is 0.161 e. The zero-order chi connectivity index (χ0) is 19.1. The minimum Gasteiger partial charge on any atom is -0.495 e. The van der Waals surface area contributed by atoms with E-state index in [2.05, 4.69) is 6.07 Å². The topological polar surface area (TPSA) is 42.2 Å². The zero-order valence-corrected chi connectivity index (χ0v) is 14.4. The number of fused-ring (bicyclic) bond motifs is 3. The summed E-state index contributed by atoms with van der Waals surface area (Å²) < 4.78 is 52.0. The van der Waals surface area contributed by atoms with Crippen LogP contribution in [-0.2, 0) is 6.42 Å². The Hall–Kier alpha value is -3.20. The Morgan fingerprint density at radius 2 is 1.85 bits per heavy atom. The Bertz CT molecular complexity index is 1110. The average molecular weight is 369 g/mol. The lowest BCUT2D eigenvalue weighted by atomic mass is 9.92. The van der Waals surface area contributed by atoms with Crippen LogP contribution in [0.15, 0.2) is 36.4 Å². The molecule has 3 nitrogen and oxygen atoms in total. The van der Waals surface area contributed by atoms with Gasteiger partial charge in [0.1, 0.15) is 29.5 Å². The number of halogens is 3. The predicted octanol–water partition coefficient (Wildman–Crippen LogP) is 5.20. The molecule has 0 saturated heterocycles. The lowest BCUT2D eigenvalue weighted by Crippen LogP contribution is -2.17. The van der Waals surface area contributed by atoms with E-state index in [1.165, 1.54) is 7.11 Å². The molecule has 1 aliphatic rings. The van der Waals surface area contributed by atoms with E-state index in [4.69, 9.17) is 9.47 Å². The molecule has 0 aliphatic carbocycles. The number of benzene rings is 3. The summed E-state index contributed by atoms with van der Waals surface area (Å²) in [5.74, 6) is -2.14. The van der Waals surface area contributed by atoms with Crippen molar-refractivity contribution in [3.8, 4) is 17.6 Å². The molecule has 0 bridgehead atoms. The summed E-state index contributed by atoms with van der Waals surface area (Å²) in [4.78, 5) is 0. The predicted molar refractivity (Wildman–Crippen MR) is 93.2 cm³/mol. The molecule has 0 spiro atoms. The molecule has 136 valence electrons. The van der Waals surface area contributed by atoms with E-state index >= 15 is 0 Å². The zero-order valence-electron chi connectivity index (χ0n) is 14.4. The molecule has 1 heterocycles. The molecule has 0 amide bonds. The number of hydrogen-bond donors (Lipinski definition) is 0. The van der Waals surface area contributed by atoms with Crippen LogP contribution in [0, 0.1) is 28.8 Å². The van der Waals surface area contributed by atoms with E-state index < -0.39 is 23.6 Å². The molecule has 0 aromatic heterocycles. The molecule has 0 radical (unpaired) electrons. The van der Waals surface area contributed by atoms with Crippen LogP contribution >= 0.6 is 0 Å². The third-order valence-electron chi connectivity index (χ3n) is 4.84. The van der Waals surface area contributed by atoms with Crippen molar-refractivity contribution in [1.29, 1.82) is 5.26 Å². The lowest BCUT2D eigenvalue weighted by molar-refractivity contribution is 0.172. The van der Waals surface area contributed by atoms with Crippen molar-refractivity contribution in [1.82, 2.24) is 0 Å². The molecular weight excluding hydrogens is 355 g/mol. The first-order valence-electron chi connectivity index (χ1n) is 8.36. The van der Waals surface area contributed by atoms with E-state index in [-0.39, 0.29) is 5.56 Å². The molecule has 0 saturated carbocycles. The van der Waals surface area contributed by atoms with Gasteiger partial charge >= 0.3 is 0 Å². The lowest BCUT2D eigenvalue weighted by Gasteiger charge is -2.28. The van der Waals surface area contributed by atoms with Crippen LogP contribution < -0.4 is 9.47 Å².